The molecule has 0 spiro atoms. The highest BCUT2D eigenvalue weighted by Gasteiger charge is 2.07. The lowest BCUT2D eigenvalue weighted by molar-refractivity contribution is 0.131. The zero-order valence-corrected chi connectivity index (χ0v) is 11.2. The van der Waals surface area contributed by atoms with Crippen molar-refractivity contribution in [2.75, 3.05) is 0 Å². The van der Waals surface area contributed by atoms with Crippen molar-refractivity contribution in [3.05, 3.63) is 35.9 Å². The van der Waals surface area contributed by atoms with Crippen molar-refractivity contribution in [3.8, 4) is 0 Å². The van der Waals surface area contributed by atoms with E-state index in [9.17, 15) is 0 Å². The zero-order chi connectivity index (χ0) is 11.8. The van der Waals surface area contributed by atoms with E-state index < -0.39 is 0 Å². The lowest BCUT2D eigenvalue weighted by atomic mass is 10.0. The fourth-order valence-corrected chi connectivity index (χ4v) is 1.22. The first-order chi connectivity index (χ1) is 7.74. The summed E-state index contributed by atoms with van der Waals surface area (Å²) < 4.78 is 0. The van der Waals surface area contributed by atoms with E-state index in [2.05, 4.69) is 19.0 Å². The molecule has 0 bridgehead atoms. The summed E-state index contributed by atoms with van der Waals surface area (Å²) in [6, 6.07) is 9.92. The molecule has 96 valence electrons. The van der Waals surface area contributed by atoms with E-state index in [0.29, 0.717) is 12.5 Å². The molecule has 1 aromatic carbocycles. The molecular weight excluding hydrogens is 236 g/mol. The first-order valence-corrected chi connectivity index (χ1v) is 5.69. The average Bonchev–Trinajstić information content (AvgIpc) is 2.34. The van der Waals surface area contributed by atoms with Gasteiger partial charge in [0.25, 0.3) is 0 Å². The monoisotopic (exact) mass is 256 g/mol. The molecule has 0 amide bonds. The Morgan fingerprint density at radius 1 is 1.35 bits per heavy atom. The van der Waals surface area contributed by atoms with E-state index in [4.69, 9.17) is 10.6 Å². The standard InChI is InChI=1S/C13H20N2O.ClH/c1-3-11(2)13(14)9-15-16-10-12-7-5-4-6-8-12;/h4-9,11,13H,3,10,14H2,1-2H3;1H/b15-9+;/t11-,13+;/m0./s1. The van der Waals surface area contributed by atoms with Gasteiger partial charge in [-0.2, -0.15) is 0 Å². The van der Waals surface area contributed by atoms with Crippen LogP contribution in [0.4, 0.5) is 0 Å². The summed E-state index contributed by atoms with van der Waals surface area (Å²) in [7, 11) is 0. The third kappa shape index (κ3) is 6.29. The van der Waals surface area contributed by atoms with Crippen molar-refractivity contribution >= 4 is 18.6 Å². The molecule has 0 aliphatic heterocycles. The van der Waals surface area contributed by atoms with Gasteiger partial charge in [0.15, 0.2) is 0 Å². The summed E-state index contributed by atoms with van der Waals surface area (Å²) in [5, 5.41) is 3.89. The molecule has 17 heavy (non-hydrogen) atoms. The normalized spacial score (nSPS) is 14.1. The molecule has 1 rings (SSSR count). The summed E-state index contributed by atoms with van der Waals surface area (Å²) >= 11 is 0. The van der Waals surface area contributed by atoms with Gasteiger partial charge in [-0.25, -0.2) is 0 Å². The highest BCUT2D eigenvalue weighted by Crippen LogP contribution is 2.04. The molecule has 2 atom stereocenters. The van der Waals surface area contributed by atoms with Crippen LogP contribution in [0.5, 0.6) is 0 Å². The van der Waals surface area contributed by atoms with Crippen LogP contribution in [-0.4, -0.2) is 12.3 Å². The Hall–Kier alpha value is -1.06. The first kappa shape index (κ1) is 15.9. The van der Waals surface area contributed by atoms with Crippen molar-refractivity contribution in [2.45, 2.75) is 32.9 Å². The molecule has 0 aliphatic carbocycles. The van der Waals surface area contributed by atoms with Gasteiger partial charge in [0, 0.05) is 6.04 Å². The third-order valence-electron chi connectivity index (χ3n) is 2.68. The quantitative estimate of drug-likeness (QED) is 0.628. The molecule has 0 fully saturated rings. The lowest BCUT2D eigenvalue weighted by Gasteiger charge is -2.12. The molecule has 2 N–H and O–H groups in total. The van der Waals surface area contributed by atoms with Crippen LogP contribution in [-0.2, 0) is 11.4 Å². The smallest absolute Gasteiger partial charge is 0.142 e. The minimum Gasteiger partial charge on any atom is -0.391 e. The molecule has 0 unspecified atom stereocenters. The minimum atomic E-state index is -0.0271. The van der Waals surface area contributed by atoms with Crippen molar-refractivity contribution in [1.29, 1.82) is 0 Å². The van der Waals surface area contributed by atoms with Gasteiger partial charge in [-0.15, -0.1) is 12.4 Å². The van der Waals surface area contributed by atoms with Crippen molar-refractivity contribution in [1.82, 2.24) is 0 Å². The number of halogens is 1. The van der Waals surface area contributed by atoms with E-state index in [1.165, 1.54) is 0 Å². The number of hydrogen-bond acceptors (Lipinski definition) is 3. The minimum absolute atomic E-state index is 0. The van der Waals surface area contributed by atoms with Gasteiger partial charge >= 0.3 is 0 Å². The largest absolute Gasteiger partial charge is 0.391 e. The van der Waals surface area contributed by atoms with Crippen molar-refractivity contribution in [3.63, 3.8) is 0 Å². The molecule has 0 aliphatic rings. The Bertz CT molecular complexity index is 316. The number of hydrogen-bond donors (Lipinski definition) is 1. The molecule has 3 nitrogen and oxygen atoms in total. The Kier molecular flexibility index (Phi) is 8.46. The van der Waals surface area contributed by atoms with Crippen LogP contribution in [0.25, 0.3) is 0 Å². The second-order valence-electron chi connectivity index (χ2n) is 3.98. The SMILES string of the molecule is CC[C@H](C)[C@H](N)/C=N/OCc1ccccc1.Cl. The number of nitrogens with zero attached hydrogens (tertiary/aromatic N) is 1. The van der Waals surface area contributed by atoms with E-state index in [1.54, 1.807) is 6.21 Å². The van der Waals surface area contributed by atoms with Gasteiger partial charge in [-0.1, -0.05) is 55.8 Å². The Labute approximate surface area is 109 Å². The van der Waals surface area contributed by atoms with Gasteiger partial charge < -0.3 is 10.6 Å². The fourth-order valence-electron chi connectivity index (χ4n) is 1.22. The molecule has 0 saturated heterocycles. The van der Waals surface area contributed by atoms with Crippen LogP contribution in [0.15, 0.2) is 35.5 Å². The second kappa shape index (κ2) is 9.02. The van der Waals surface area contributed by atoms with Gasteiger partial charge in [0.1, 0.15) is 6.61 Å². The molecule has 0 saturated carbocycles. The third-order valence-corrected chi connectivity index (χ3v) is 2.68. The molecular formula is C13H21ClN2O. The van der Waals surface area contributed by atoms with Gasteiger partial charge in [-0.05, 0) is 11.5 Å². The number of oxime groups is 1. The lowest BCUT2D eigenvalue weighted by Crippen LogP contribution is -2.29. The Balaban J connectivity index is 0.00000256. The predicted molar refractivity (Wildman–Crippen MR) is 74.4 cm³/mol. The van der Waals surface area contributed by atoms with E-state index in [0.717, 1.165) is 12.0 Å². The maximum absolute atomic E-state index is 5.88. The van der Waals surface area contributed by atoms with Gasteiger partial charge in [0.2, 0.25) is 0 Å². The van der Waals surface area contributed by atoms with Crippen molar-refractivity contribution < 1.29 is 4.84 Å². The van der Waals surface area contributed by atoms with Crippen LogP contribution in [0.3, 0.4) is 0 Å². The summed E-state index contributed by atoms with van der Waals surface area (Å²) in [6.07, 6.45) is 2.73. The topological polar surface area (TPSA) is 47.6 Å². The number of benzene rings is 1. The van der Waals surface area contributed by atoms with Crippen LogP contribution >= 0.6 is 12.4 Å². The number of rotatable bonds is 6. The van der Waals surface area contributed by atoms with Crippen LogP contribution in [0, 0.1) is 5.92 Å². The first-order valence-electron chi connectivity index (χ1n) is 5.69. The Morgan fingerprint density at radius 2 is 2.00 bits per heavy atom. The fraction of sp³-hybridized carbons (Fsp3) is 0.462. The Morgan fingerprint density at radius 3 is 2.59 bits per heavy atom. The summed E-state index contributed by atoms with van der Waals surface area (Å²) in [5.74, 6) is 0.434. The zero-order valence-electron chi connectivity index (χ0n) is 10.4. The van der Waals surface area contributed by atoms with Gasteiger partial charge in [-0.3, -0.25) is 0 Å². The molecule has 0 heterocycles. The van der Waals surface area contributed by atoms with E-state index in [-0.39, 0.29) is 18.4 Å². The predicted octanol–water partition coefficient (Wildman–Crippen LogP) is 2.98. The van der Waals surface area contributed by atoms with E-state index >= 15 is 0 Å². The molecule has 4 heteroatoms. The van der Waals surface area contributed by atoms with Crippen molar-refractivity contribution in [2.24, 2.45) is 16.8 Å². The molecule has 1 aromatic rings. The molecule has 0 aromatic heterocycles. The summed E-state index contributed by atoms with van der Waals surface area (Å²) in [4.78, 5) is 5.17. The summed E-state index contributed by atoms with van der Waals surface area (Å²) in [5.41, 5.74) is 6.99. The maximum atomic E-state index is 5.88. The van der Waals surface area contributed by atoms with Crippen LogP contribution in [0.2, 0.25) is 0 Å². The van der Waals surface area contributed by atoms with E-state index in [1.807, 2.05) is 30.3 Å². The van der Waals surface area contributed by atoms with Crippen LogP contribution < -0.4 is 5.73 Å². The second-order valence-corrected chi connectivity index (χ2v) is 3.98. The maximum Gasteiger partial charge on any atom is 0.142 e. The highest BCUT2D eigenvalue weighted by atomic mass is 35.5. The number of nitrogens with two attached hydrogens (primary N) is 1. The highest BCUT2D eigenvalue weighted by molar-refractivity contribution is 5.85. The van der Waals surface area contributed by atoms with Gasteiger partial charge in [0.05, 0.1) is 6.21 Å². The van der Waals surface area contributed by atoms with Crippen LogP contribution in [0.1, 0.15) is 25.8 Å². The molecule has 0 radical (unpaired) electrons. The summed E-state index contributed by atoms with van der Waals surface area (Å²) in [6.45, 7) is 4.71. The average molecular weight is 257 g/mol.